The Kier molecular flexibility index (Phi) is 3.65. The minimum absolute atomic E-state index is 0.162. The van der Waals surface area contributed by atoms with Crippen molar-refractivity contribution in [3.8, 4) is 11.1 Å². The lowest BCUT2D eigenvalue weighted by Gasteiger charge is -2.05. The summed E-state index contributed by atoms with van der Waals surface area (Å²) in [5.74, 6) is -0.309. The molecule has 0 bridgehead atoms. The fraction of sp³-hybridized carbons (Fsp3) is 0.105. The Labute approximate surface area is 143 Å². The average Bonchev–Trinajstić information content (AvgIpc) is 2.87. The van der Waals surface area contributed by atoms with Gasteiger partial charge in [-0.1, -0.05) is 18.2 Å². The molecule has 0 aliphatic carbocycles. The number of nitrogens with zero attached hydrogens (tertiary/aromatic N) is 4. The number of halogens is 1. The molecule has 0 amide bonds. The molecular formula is C19H15FN4O. The van der Waals surface area contributed by atoms with E-state index in [2.05, 4.69) is 9.97 Å². The highest BCUT2D eigenvalue weighted by molar-refractivity contribution is 5.78. The summed E-state index contributed by atoms with van der Waals surface area (Å²) in [6.45, 7) is 0.352. The van der Waals surface area contributed by atoms with E-state index in [1.165, 1.54) is 16.7 Å². The number of pyridine rings is 2. The first kappa shape index (κ1) is 15.3. The molecule has 0 saturated carbocycles. The summed E-state index contributed by atoms with van der Waals surface area (Å²) >= 11 is 0. The lowest BCUT2D eigenvalue weighted by molar-refractivity contribution is 0.628. The Hall–Kier alpha value is -3.28. The van der Waals surface area contributed by atoms with E-state index >= 15 is 0 Å². The molecule has 0 N–H and O–H groups in total. The fourth-order valence-corrected chi connectivity index (χ4v) is 2.91. The standard InChI is InChI=1S/C19H15FN4O/c1-23-18-17(24(19(23)25)12-16-7-2-3-8-21-16)10-14(11-22-18)13-5-4-6-15(20)9-13/h2-11H,12H2,1H3. The van der Waals surface area contributed by atoms with Gasteiger partial charge in [0.05, 0.1) is 17.8 Å². The zero-order valence-corrected chi connectivity index (χ0v) is 13.6. The summed E-state index contributed by atoms with van der Waals surface area (Å²) in [7, 11) is 1.69. The fourth-order valence-electron chi connectivity index (χ4n) is 2.91. The molecule has 0 aliphatic rings. The Morgan fingerprint density at radius 3 is 2.68 bits per heavy atom. The average molecular weight is 334 g/mol. The van der Waals surface area contributed by atoms with Crippen molar-refractivity contribution in [2.75, 3.05) is 0 Å². The first-order valence-corrected chi connectivity index (χ1v) is 7.84. The van der Waals surface area contributed by atoms with Crippen molar-refractivity contribution in [2.24, 2.45) is 7.05 Å². The van der Waals surface area contributed by atoms with Crippen LogP contribution in [0.5, 0.6) is 0 Å². The number of aromatic nitrogens is 4. The van der Waals surface area contributed by atoms with E-state index in [1.54, 1.807) is 30.1 Å². The van der Waals surface area contributed by atoms with E-state index in [-0.39, 0.29) is 11.5 Å². The zero-order chi connectivity index (χ0) is 17.4. The number of hydrogen-bond donors (Lipinski definition) is 0. The molecule has 0 saturated heterocycles. The topological polar surface area (TPSA) is 52.7 Å². The normalized spacial score (nSPS) is 11.1. The number of fused-ring (bicyclic) bond motifs is 1. The Balaban J connectivity index is 1.89. The highest BCUT2D eigenvalue weighted by Gasteiger charge is 2.14. The van der Waals surface area contributed by atoms with E-state index in [0.29, 0.717) is 17.7 Å². The number of hydrogen-bond acceptors (Lipinski definition) is 3. The summed E-state index contributed by atoms with van der Waals surface area (Å²) in [6, 6.07) is 13.8. The molecule has 0 unspecified atom stereocenters. The van der Waals surface area contributed by atoms with Gasteiger partial charge >= 0.3 is 5.69 Å². The van der Waals surface area contributed by atoms with Crippen LogP contribution in [0.1, 0.15) is 5.69 Å². The molecule has 6 heteroatoms. The van der Waals surface area contributed by atoms with Crippen LogP contribution in [0.3, 0.4) is 0 Å². The van der Waals surface area contributed by atoms with Gasteiger partial charge in [0.2, 0.25) is 0 Å². The summed E-state index contributed by atoms with van der Waals surface area (Å²) in [6.07, 6.45) is 3.35. The van der Waals surface area contributed by atoms with Gasteiger partial charge in [0.1, 0.15) is 5.82 Å². The largest absolute Gasteiger partial charge is 0.330 e. The first-order chi connectivity index (χ1) is 12.1. The summed E-state index contributed by atoms with van der Waals surface area (Å²) in [5, 5.41) is 0. The molecule has 25 heavy (non-hydrogen) atoms. The monoisotopic (exact) mass is 334 g/mol. The van der Waals surface area contributed by atoms with Crippen LogP contribution in [0, 0.1) is 5.82 Å². The minimum Gasteiger partial charge on any atom is -0.284 e. The van der Waals surface area contributed by atoms with Gasteiger partial charge in [-0.05, 0) is 35.9 Å². The quantitative estimate of drug-likeness (QED) is 0.579. The number of benzene rings is 1. The molecule has 0 radical (unpaired) electrons. The molecule has 3 aromatic heterocycles. The summed E-state index contributed by atoms with van der Waals surface area (Å²) in [4.78, 5) is 21.3. The van der Waals surface area contributed by atoms with Crippen LogP contribution >= 0.6 is 0 Å². The highest BCUT2D eigenvalue weighted by atomic mass is 19.1. The van der Waals surface area contributed by atoms with E-state index in [0.717, 1.165) is 16.8 Å². The molecule has 1 aromatic carbocycles. The molecule has 5 nitrogen and oxygen atoms in total. The number of rotatable bonds is 3. The van der Waals surface area contributed by atoms with Gasteiger partial charge in [-0.2, -0.15) is 0 Å². The maximum Gasteiger partial charge on any atom is 0.330 e. The molecule has 3 heterocycles. The molecule has 4 aromatic rings. The number of aryl methyl sites for hydroxylation is 1. The predicted molar refractivity (Wildman–Crippen MR) is 93.7 cm³/mol. The van der Waals surface area contributed by atoms with Crippen molar-refractivity contribution in [3.05, 3.63) is 82.9 Å². The molecular weight excluding hydrogens is 319 g/mol. The highest BCUT2D eigenvalue weighted by Crippen LogP contribution is 2.23. The second kappa shape index (κ2) is 5.98. The maximum atomic E-state index is 13.5. The molecule has 4 rings (SSSR count). The van der Waals surface area contributed by atoms with Gasteiger partial charge in [-0.25, -0.2) is 14.2 Å². The van der Waals surface area contributed by atoms with Gasteiger partial charge in [-0.15, -0.1) is 0 Å². The smallest absolute Gasteiger partial charge is 0.284 e. The second-order valence-corrected chi connectivity index (χ2v) is 5.83. The summed E-state index contributed by atoms with van der Waals surface area (Å²) in [5.41, 5.74) is 3.38. The molecule has 0 atom stereocenters. The minimum atomic E-state index is -0.309. The van der Waals surface area contributed by atoms with Gasteiger partial charge in [0.15, 0.2) is 5.65 Å². The molecule has 124 valence electrons. The van der Waals surface area contributed by atoms with Crippen molar-refractivity contribution in [1.82, 2.24) is 19.1 Å². The second-order valence-electron chi connectivity index (χ2n) is 5.83. The predicted octanol–water partition coefficient (Wildman–Crippen LogP) is 2.98. The van der Waals surface area contributed by atoms with E-state index in [4.69, 9.17) is 0 Å². The Morgan fingerprint density at radius 2 is 1.92 bits per heavy atom. The van der Waals surface area contributed by atoms with Gasteiger partial charge in [0.25, 0.3) is 0 Å². The van der Waals surface area contributed by atoms with Crippen LogP contribution in [-0.4, -0.2) is 19.1 Å². The van der Waals surface area contributed by atoms with E-state index in [9.17, 15) is 9.18 Å². The third-order valence-electron chi connectivity index (χ3n) is 4.18. The van der Waals surface area contributed by atoms with Crippen LogP contribution < -0.4 is 5.69 Å². The van der Waals surface area contributed by atoms with Gasteiger partial charge in [0, 0.05) is 25.0 Å². The van der Waals surface area contributed by atoms with Crippen molar-refractivity contribution >= 4 is 11.2 Å². The van der Waals surface area contributed by atoms with Crippen molar-refractivity contribution in [3.63, 3.8) is 0 Å². The lowest BCUT2D eigenvalue weighted by atomic mass is 10.1. The zero-order valence-electron chi connectivity index (χ0n) is 13.6. The maximum absolute atomic E-state index is 13.5. The van der Waals surface area contributed by atoms with Crippen molar-refractivity contribution < 1.29 is 4.39 Å². The molecule has 0 spiro atoms. The SMILES string of the molecule is Cn1c(=O)n(Cc2ccccn2)c2cc(-c3cccc(F)c3)cnc21. The Bertz CT molecular complexity index is 1120. The van der Waals surface area contributed by atoms with E-state index < -0.39 is 0 Å². The number of imidazole rings is 1. The molecule has 0 aliphatic heterocycles. The van der Waals surface area contributed by atoms with Crippen LogP contribution in [-0.2, 0) is 13.6 Å². The third-order valence-corrected chi connectivity index (χ3v) is 4.18. The van der Waals surface area contributed by atoms with Crippen molar-refractivity contribution in [1.29, 1.82) is 0 Å². The summed E-state index contributed by atoms with van der Waals surface area (Å²) < 4.78 is 16.7. The van der Waals surface area contributed by atoms with Crippen LogP contribution in [0.2, 0.25) is 0 Å². The lowest BCUT2D eigenvalue weighted by Crippen LogP contribution is -2.23. The third kappa shape index (κ3) is 2.71. The van der Waals surface area contributed by atoms with Crippen LogP contribution in [0.4, 0.5) is 4.39 Å². The van der Waals surface area contributed by atoms with E-state index in [1.807, 2.05) is 30.3 Å². The Morgan fingerprint density at radius 1 is 1.04 bits per heavy atom. The molecule has 0 fully saturated rings. The van der Waals surface area contributed by atoms with Gasteiger partial charge in [-0.3, -0.25) is 14.1 Å². The van der Waals surface area contributed by atoms with Crippen LogP contribution in [0.15, 0.2) is 65.7 Å². The first-order valence-electron chi connectivity index (χ1n) is 7.84. The van der Waals surface area contributed by atoms with Crippen molar-refractivity contribution in [2.45, 2.75) is 6.54 Å². The van der Waals surface area contributed by atoms with Gasteiger partial charge < -0.3 is 0 Å². The van der Waals surface area contributed by atoms with Crippen LogP contribution in [0.25, 0.3) is 22.3 Å².